The summed E-state index contributed by atoms with van der Waals surface area (Å²) in [6.45, 7) is 0. The number of benzene rings is 3. The molecule has 3 aromatic carbocycles. The van der Waals surface area contributed by atoms with E-state index in [9.17, 15) is 18.0 Å². The van der Waals surface area contributed by atoms with Gasteiger partial charge in [-0.25, -0.2) is 4.98 Å². The molecule has 1 aromatic heterocycles. The van der Waals surface area contributed by atoms with Crippen molar-refractivity contribution in [1.82, 2.24) is 10.3 Å². The quantitative estimate of drug-likeness (QED) is 0.139. The summed E-state index contributed by atoms with van der Waals surface area (Å²) in [5, 5.41) is 5.64. The standard InChI is InChI=1S/C28H27N3O6S2/c1-37-28(33)23(16-19-8-4-2-5-9-19)26(32)29-24(17-20-12-14-22(15-13-20)31-39(34,35)36)25-18-38-27(30-25)21-10-6-3-7-11-21/h2-15,18,23-24,31H,16-17H2,1H3,(H,29,32)(H,34,35,36). The Labute approximate surface area is 230 Å². The van der Waals surface area contributed by atoms with Crippen LogP contribution in [0.1, 0.15) is 22.9 Å². The van der Waals surface area contributed by atoms with Crippen molar-refractivity contribution in [1.29, 1.82) is 0 Å². The average Bonchev–Trinajstić information content (AvgIpc) is 3.43. The molecule has 2 atom stereocenters. The summed E-state index contributed by atoms with van der Waals surface area (Å²) in [5.74, 6) is -2.19. The van der Waals surface area contributed by atoms with E-state index in [1.807, 2.05) is 70.8 Å². The fourth-order valence-corrected chi connectivity index (χ4v) is 5.34. The van der Waals surface area contributed by atoms with Gasteiger partial charge in [0.25, 0.3) is 0 Å². The third kappa shape index (κ3) is 7.96. The Morgan fingerprint density at radius 1 is 0.923 bits per heavy atom. The zero-order valence-electron chi connectivity index (χ0n) is 21.0. The molecule has 0 aliphatic rings. The second-order valence-electron chi connectivity index (χ2n) is 8.75. The van der Waals surface area contributed by atoms with E-state index in [0.717, 1.165) is 21.7 Å². The van der Waals surface area contributed by atoms with Gasteiger partial charge in [0.05, 0.1) is 24.5 Å². The predicted molar refractivity (Wildman–Crippen MR) is 149 cm³/mol. The molecule has 0 fully saturated rings. The van der Waals surface area contributed by atoms with E-state index in [1.54, 1.807) is 12.1 Å². The largest absolute Gasteiger partial charge is 0.468 e. The van der Waals surface area contributed by atoms with Crippen LogP contribution in [0.25, 0.3) is 10.6 Å². The summed E-state index contributed by atoms with van der Waals surface area (Å²) in [4.78, 5) is 30.8. The molecule has 2 unspecified atom stereocenters. The highest BCUT2D eigenvalue weighted by atomic mass is 32.2. The Bertz CT molecular complexity index is 1510. The average molecular weight is 566 g/mol. The summed E-state index contributed by atoms with van der Waals surface area (Å²) in [7, 11) is -3.15. The molecule has 9 nitrogen and oxygen atoms in total. The Morgan fingerprint density at radius 3 is 2.15 bits per heavy atom. The van der Waals surface area contributed by atoms with Crippen molar-refractivity contribution >= 4 is 39.2 Å². The number of nitrogens with zero attached hydrogens (tertiary/aromatic N) is 1. The van der Waals surface area contributed by atoms with E-state index in [1.165, 1.54) is 30.6 Å². The fraction of sp³-hybridized carbons (Fsp3) is 0.179. The lowest BCUT2D eigenvalue weighted by atomic mass is 9.97. The van der Waals surface area contributed by atoms with Crippen LogP contribution in [0, 0.1) is 5.92 Å². The molecule has 4 aromatic rings. The van der Waals surface area contributed by atoms with Gasteiger partial charge in [0, 0.05) is 10.9 Å². The van der Waals surface area contributed by atoms with E-state index in [2.05, 4.69) is 5.32 Å². The number of carbonyl (C=O) groups is 2. The molecule has 4 rings (SSSR count). The number of amides is 1. The van der Waals surface area contributed by atoms with Crippen LogP contribution >= 0.6 is 11.3 Å². The molecule has 0 saturated heterocycles. The minimum absolute atomic E-state index is 0.175. The van der Waals surface area contributed by atoms with Crippen molar-refractivity contribution in [2.24, 2.45) is 5.92 Å². The van der Waals surface area contributed by atoms with Crippen molar-refractivity contribution in [3.8, 4) is 10.6 Å². The highest BCUT2D eigenvalue weighted by Crippen LogP contribution is 2.28. The smallest absolute Gasteiger partial charge is 0.357 e. The summed E-state index contributed by atoms with van der Waals surface area (Å²) >= 11 is 1.44. The lowest BCUT2D eigenvalue weighted by Gasteiger charge is -2.21. The lowest BCUT2D eigenvalue weighted by molar-refractivity contribution is -0.150. The Morgan fingerprint density at radius 2 is 1.54 bits per heavy atom. The zero-order chi connectivity index (χ0) is 27.8. The number of thiazole rings is 1. The topological polar surface area (TPSA) is 135 Å². The minimum Gasteiger partial charge on any atom is -0.468 e. The zero-order valence-corrected chi connectivity index (χ0v) is 22.6. The van der Waals surface area contributed by atoms with Gasteiger partial charge >= 0.3 is 16.3 Å². The minimum atomic E-state index is -4.40. The molecule has 202 valence electrons. The number of aromatic nitrogens is 1. The van der Waals surface area contributed by atoms with Gasteiger partial charge in [-0.1, -0.05) is 72.8 Å². The van der Waals surface area contributed by atoms with Crippen LogP contribution in [-0.4, -0.2) is 36.9 Å². The first-order valence-electron chi connectivity index (χ1n) is 12.0. The molecule has 11 heteroatoms. The highest BCUT2D eigenvalue weighted by Gasteiger charge is 2.30. The van der Waals surface area contributed by atoms with Gasteiger partial charge in [0.15, 0.2) is 0 Å². The van der Waals surface area contributed by atoms with Crippen LogP contribution in [-0.2, 0) is 37.5 Å². The van der Waals surface area contributed by atoms with Crippen LogP contribution in [0.15, 0.2) is 90.3 Å². The summed E-state index contributed by atoms with van der Waals surface area (Å²) in [6, 6.07) is 24.7. The number of rotatable bonds is 11. The van der Waals surface area contributed by atoms with E-state index in [4.69, 9.17) is 14.3 Å². The van der Waals surface area contributed by atoms with Crippen LogP contribution in [0.3, 0.4) is 0 Å². The number of esters is 1. The van der Waals surface area contributed by atoms with Crippen molar-refractivity contribution in [3.05, 3.63) is 107 Å². The van der Waals surface area contributed by atoms with Crippen molar-refractivity contribution < 1.29 is 27.3 Å². The SMILES string of the molecule is COC(=O)C(Cc1ccccc1)C(=O)NC(Cc1ccc(NS(=O)(=O)O)cc1)c1csc(-c2ccccc2)n1. The number of methoxy groups -OCH3 is 1. The number of anilines is 1. The molecule has 1 heterocycles. The van der Waals surface area contributed by atoms with Crippen molar-refractivity contribution in [2.45, 2.75) is 18.9 Å². The molecule has 0 bridgehead atoms. The molecule has 0 aliphatic carbocycles. The van der Waals surface area contributed by atoms with Crippen molar-refractivity contribution in [2.75, 3.05) is 11.8 Å². The summed E-state index contributed by atoms with van der Waals surface area (Å²) in [5.41, 5.74) is 3.34. The third-order valence-corrected chi connectivity index (χ3v) is 7.34. The Hall–Kier alpha value is -4.06. The molecule has 39 heavy (non-hydrogen) atoms. The van der Waals surface area contributed by atoms with Gasteiger partial charge < -0.3 is 10.1 Å². The molecule has 0 radical (unpaired) electrons. The van der Waals surface area contributed by atoms with Gasteiger partial charge in [-0.05, 0) is 36.1 Å². The second kappa shape index (κ2) is 12.7. The van der Waals surface area contributed by atoms with Crippen LogP contribution in [0.5, 0.6) is 0 Å². The molecular formula is C28H27N3O6S2. The first-order valence-corrected chi connectivity index (χ1v) is 14.3. The monoisotopic (exact) mass is 565 g/mol. The van der Waals surface area contributed by atoms with Crippen molar-refractivity contribution in [3.63, 3.8) is 0 Å². The second-order valence-corrected chi connectivity index (χ2v) is 10.8. The molecule has 0 saturated carbocycles. The maximum Gasteiger partial charge on any atom is 0.357 e. The van der Waals surface area contributed by atoms with Crippen LogP contribution in [0.4, 0.5) is 5.69 Å². The molecule has 1 amide bonds. The maximum absolute atomic E-state index is 13.5. The van der Waals surface area contributed by atoms with E-state index in [-0.39, 0.29) is 12.1 Å². The number of hydrogen-bond acceptors (Lipinski definition) is 7. The van der Waals surface area contributed by atoms with Gasteiger partial charge in [0.1, 0.15) is 10.9 Å². The summed E-state index contributed by atoms with van der Waals surface area (Å²) < 4.78 is 38.2. The van der Waals surface area contributed by atoms with E-state index < -0.39 is 34.1 Å². The maximum atomic E-state index is 13.5. The first-order chi connectivity index (χ1) is 18.7. The molecule has 3 N–H and O–H groups in total. The summed E-state index contributed by atoms with van der Waals surface area (Å²) in [6.07, 6.45) is 0.490. The van der Waals surface area contributed by atoms with Gasteiger partial charge in [0.2, 0.25) is 5.91 Å². The first kappa shape index (κ1) is 28.0. The van der Waals surface area contributed by atoms with Crippen LogP contribution < -0.4 is 10.0 Å². The predicted octanol–water partition coefficient (Wildman–Crippen LogP) is 4.46. The van der Waals surface area contributed by atoms with Gasteiger partial charge in [-0.2, -0.15) is 8.42 Å². The number of hydrogen-bond donors (Lipinski definition) is 3. The molecule has 0 spiro atoms. The lowest BCUT2D eigenvalue weighted by Crippen LogP contribution is -2.40. The third-order valence-electron chi connectivity index (χ3n) is 5.94. The highest BCUT2D eigenvalue weighted by molar-refractivity contribution is 7.87. The Balaban J connectivity index is 1.61. The van der Waals surface area contributed by atoms with Gasteiger partial charge in [-0.15, -0.1) is 11.3 Å². The number of nitrogens with one attached hydrogen (secondary N) is 2. The van der Waals surface area contributed by atoms with Crippen LogP contribution in [0.2, 0.25) is 0 Å². The van der Waals surface area contributed by atoms with Gasteiger partial charge in [-0.3, -0.25) is 18.9 Å². The molecule has 0 aliphatic heterocycles. The molecular weight excluding hydrogens is 538 g/mol. The Kier molecular flexibility index (Phi) is 9.07. The normalized spacial score (nSPS) is 12.8. The fourth-order valence-electron chi connectivity index (χ4n) is 4.03. The number of carbonyl (C=O) groups excluding carboxylic acids is 2. The van der Waals surface area contributed by atoms with E-state index >= 15 is 0 Å². The number of ether oxygens (including phenoxy) is 1. The van der Waals surface area contributed by atoms with E-state index in [0.29, 0.717) is 12.1 Å².